The summed E-state index contributed by atoms with van der Waals surface area (Å²) in [5.74, 6) is 0.391. The Hall–Kier alpha value is -2.82. The monoisotopic (exact) mass is 422 g/mol. The van der Waals surface area contributed by atoms with Crippen molar-refractivity contribution < 1.29 is 14.3 Å². The number of carbonyl (C=O) groups excluding carboxylic acids is 2. The number of para-hydroxylation sites is 1. The zero-order chi connectivity index (χ0) is 21.9. The van der Waals surface area contributed by atoms with Crippen LogP contribution in [-0.2, 0) is 0 Å². The standard InChI is InChI=1S/C26H34N2O3/c1-2-3-4-10-19-31-22-17-15-20(16-18-22)25(29)28-24-14-9-8-13-23(24)26(30)27-21-11-6-5-7-12-21/h8-9,13-18,21H,2-7,10-12,19H2,1H3,(H,27,30)(H,28,29). The van der Waals surface area contributed by atoms with Crippen LogP contribution in [0.5, 0.6) is 5.75 Å². The normalized spacial score (nSPS) is 14.1. The largest absolute Gasteiger partial charge is 0.494 e. The number of ether oxygens (including phenoxy) is 1. The number of hydrogen-bond donors (Lipinski definition) is 2. The molecule has 166 valence electrons. The average Bonchev–Trinajstić information content (AvgIpc) is 2.80. The number of benzene rings is 2. The molecule has 31 heavy (non-hydrogen) atoms. The van der Waals surface area contributed by atoms with Crippen molar-refractivity contribution in [2.24, 2.45) is 0 Å². The zero-order valence-corrected chi connectivity index (χ0v) is 18.5. The fourth-order valence-corrected chi connectivity index (χ4v) is 3.92. The van der Waals surface area contributed by atoms with Crippen molar-refractivity contribution in [3.8, 4) is 5.75 Å². The molecule has 1 fully saturated rings. The molecule has 2 N–H and O–H groups in total. The van der Waals surface area contributed by atoms with Gasteiger partial charge in [0, 0.05) is 11.6 Å². The maximum Gasteiger partial charge on any atom is 0.255 e. The third kappa shape index (κ3) is 7.12. The Morgan fingerprint density at radius 2 is 1.65 bits per heavy atom. The van der Waals surface area contributed by atoms with Gasteiger partial charge in [-0.05, 0) is 55.7 Å². The van der Waals surface area contributed by atoms with Crippen LogP contribution in [0.25, 0.3) is 0 Å². The molecule has 0 bridgehead atoms. The van der Waals surface area contributed by atoms with E-state index < -0.39 is 0 Å². The van der Waals surface area contributed by atoms with Gasteiger partial charge in [-0.1, -0.05) is 57.6 Å². The van der Waals surface area contributed by atoms with E-state index in [2.05, 4.69) is 17.6 Å². The van der Waals surface area contributed by atoms with Crippen LogP contribution in [0.1, 0.15) is 85.4 Å². The average molecular weight is 423 g/mol. The molecule has 5 nitrogen and oxygen atoms in total. The van der Waals surface area contributed by atoms with Crippen molar-refractivity contribution in [2.75, 3.05) is 11.9 Å². The lowest BCUT2D eigenvalue weighted by Gasteiger charge is -2.23. The Morgan fingerprint density at radius 3 is 2.39 bits per heavy atom. The molecule has 0 aliphatic heterocycles. The molecular formula is C26H34N2O3. The molecule has 0 aromatic heterocycles. The second kappa shape index (κ2) is 12.1. The molecule has 0 atom stereocenters. The summed E-state index contributed by atoms with van der Waals surface area (Å²) in [6, 6.07) is 14.5. The van der Waals surface area contributed by atoms with Crippen molar-refractivity contribution in [1.82, 2.24) is 5.32 Å². The second-order valence-electron chi connectivity index (χ2n) is 8.24. The van der Waals surface area contributed by atoms with Gasteiger partial charge in [-0.15, -0.1) is 0 Å². The smallest absolute Gasteiger partial charge is 0.255 e. The third-order valence-electron chi connectivity index (χ3n) is 5.74. The molecule has 0 saturated heterocycles. The second-order valence-corrected chi connectivity index (χ2v) is 8.24. The van der Waals surface area contributed by atoms with E-state index in [1.54, 1.807) is 24.3 Å². The highest BCUT2D eigenvalue weighted by atomic mass is 16.5. The van der Waals surface area contributed by atoms with Crippen LogP contribution in [0.2, 0.25) is 0 Å². The number of amides is 2. The first-order valence-corrected chi connectivity index (χ1v) is 11.6. The van der Waals surface area contributed by atoms with Gasteiger partial charge in [0.05, 0.1) is 17.9 Å². The lowest BCUT2D eigenvalue weighted by atomic mass is 9.95. The van der Waals surface area contributed by atoms with E-state index in [4.69, 9.17) is 4.74 Å². The molecule has 2 aromatic carbocycles. The van der Waals surface area contributed by atoms with Gasteiger partial charge in [-0.3, -0.25) is 9.59 Å². The Bertz CT molecular complexity index is 842. The first-order chi connectivity index (χ1) is 15.2. The maximum atomic E-state index is 12.8. The number of nitrogens with one attached hydrogen (secondary N) is 2. The van der Waals surface area contributed by atoms with Gasteiger partial charge in [-0.2, -0.15) is 0 Å². The summed E-state index contributed by atoms with van der Waals surface area (Å²) in [5.41, 5.74) is 1.55. The van der Waals surface area contributed by atoms with Gasteiger partial charge >= 0.3 is 0 Å². The van der Waals surface area contributed by atoms with E-state index >= 15 is 0 Å². The fraction of sp³-hybridized carbons (Fsp3) is 0.462. The zero-order valence-electron chi connectivity index (χ0n) is 18.5. The highest BCUT2D eigenvalue weighted by Crippen LogP contribution is 2.21. The highest BCUT2D eigenvalue weighted by Gasteiger charge is 2.19. The van der Waals surface area contributed by atoms with Crippen LogP contribution in [0.3, 0.4) is 0 Å². The highest BCUT2D eigenvalue weighted by molar-refractivity contribution is 6.09. The summed E-state index contributed by atoms with van der Waals surface area (Å²) in [5, 5.41) is 6.01. The summed E-state index contributed by atoms with van der Waals surface area (Å²) in [7, 11) is 0. The third-order valence-corrected chi connectivity index (χ3v) is 5.74. The van der Waals surface area contributed by atoms with Crippen LogP contribution >= 0.6 is 0 Å². The van der Waals surface area contributed by atoms with Crippen LogP contribution in [0.4, 0.5) is 5.69 Å². The van der Waals surface area contributed by atoms with Gasteiger partial charge in [-0.25, -0.2) is 0 Å². The molecule has 1 aliphatic carbocycles. The maximum absolute atomic E-state index is 12.8. The Labute approximate surface area is 185 Å². The van der Waals surface area contributed by atoms with E-state index in [-0.39, 0.29) is 17.9 Å². The molecule has 0 spiro atoms. The Balaban J connectivity index is 1.57. The van der Waals surface area contributed by atoms with Crippen molar-refractivity contribution in [3.63, 3.8) is 0 Å². The lowest BCUT2D eigenvalue weighted by Crippen LogP contribution is -2.36. The Morgan fingerprint density at radius 1 is 0.903 bits per heavy atom. The topological polar surface area (TPSA) is 67.4 Å². The van der Waals surface area contributed by atoms with Crippen molar-refractivity contribution in [2.45, 2.75) is 70.8 Å². The molecule has 0 unspecified atom stereocenters. The van der Waals surface area contributed by atoms with Gasteiger partial charge < -0.3 is 15.4 Å². The van der Waals surface area contributed by atoms with Crippen LogP contribution < -0.4 is 15.4 Å². The number of rotatable bonds is 10. The van der Waals surface area contributed by atoms with Crippen molar-refractivity contribution >= 4 is 17.5 Å². The number of unbranched alkanes of at least 4 members (excludes halogenated alkanes) is 3. The number of carbonyl (C=O) groups is 2. The van der Waals surface area contributed by atoms with E-state index in [9.17, 15) is 9.59 Å². The summed E-state index contributed by atoms with van der Waals surface area (Å²) >= 11 is 0. The van der Waals surface area contributed by atoms with Gasteiger partial charge in [0.15, 0.2) is 0 Å². The van der Waals surface area contributed by atoms with Crippen LogP contribution in [0.15, 0.2) is 48.5 Å². The van der Waals surface area contributed by atoms with Crippen molar-refractivity contribution in [1.29, 1.82) is 0 Å². The summed E-state index contributed by atoms with van der Waals surface area (Å²) in [4.78, 5) is 25.5. The van der Waals surface area contributed by atoms with E-state index in [0.29, 0.717) is 23.4 Å². The first-order valence-electron chi connectivity index (χ1n) is 11.6. The summed E-state index contributed by atoms with van der Waals surface area (Å²) in [6.45, 7) is 2.88. The predicted molar refractivity (Wildman–Crippen MR) is 125 cm³/mol. The van der Waals surface area contributed by atoms with Crippen LogP contribution in [-0.4, -0.2) is 24.5 Å². The van der Waals surface area contributed by atoms with E-state index in [1.807, 2.05) is 24.3 Å². The summed E-state index contributed by atoms with van der Waals surface area (Å²) in [6.07, 6.45) is 10.2. The molecule has 2 aromatic rings. The van der Waals surface area contributed by atoms with Gasteiger partial charge in [0.25, 0.3) is 11.8 Å². The predicted octanol–water partition coefficient (Wildman–Crippen LogP) is 5.96. The van der Waals surface area contributed by atoms with Crippen LogP contribution in [0, 0.1) is 0 Å². The molecule has 3 rings (SSSR count). The molecule has 0 radical (unpaired) electrons. The molecule has 0 heterocycles. The van der Waals surface area contributed by atoms with E-state index in [1.165, 1.54) is 25.7 Å². The fourth-order valence-electron chi connectivity index (χ4n) is 3.92. The SMILES string of the molecule is CCCCCCOc1ccc(C(=O)Nc2ccccc2C(=O)NC2CCCCC2)cc1. The van der Waals surface area contributed by atoms with Crippen molar-refractivity contribution in [3.05, 3.63) is 59.7 Å². The summed E-state index contributed by atoms with van der Waals surface area (Å²) < 4.78 is 5.74. The molecule has 1 saturated carbocycles. The number of anilines is 1. The minimum absolute atomic E-state index is 0.130. The van der Waals surface area contributed by atoms with E-state index in [0.717, 1.165) is 37.9 Å². The Kier molecular flexibility index (Phi) is 8.95. The molecule has 1 aliphatic rings. The number of hydrogen-bond acceptors (Lipinski definition) is 3. The molecular weight excluding hydrogens is 388 g/mol. The van der Waals surface area contributed by atoms with Gasteiger partial charge in [0.2, 0.25) is 0 Å². The molecule has 2 amide bonds. The minimum atomic E-state index is -0.243. The quantitative estimate of drug-likeness (QED) is 0.464. The van der Waals surface area contributed by atoms with Gasteiger partial charge in [0.1, 0.15) is 5.75 Å². The minimum Gasteiger partial charge on any atom is -0.494 e. The lowest BCUT2D eigenvalue weighted by molar-refractivity contribution is 0.0928. The molecule has 5 heteroatoms. The first kappa shape index (κ1) is 22.9.